The highest BCUT2D eigenvalue weighted by Gasteiger charge is 2.20. The number of hydrogen-bond acceptors (Lipinski definition) is 4. The van der Waals surface area contributed by atoms with E-state index in [4.69, 9.17) is 4.74 Å². The highest BCUT2D eigenvalue weighted by Crippen LogP contribution is 2.30. The van der Waals surface area contributed by atoms with Gasteiger partial charge < -0.3 is 10.1 Å². The van der Waals surface area contributed by atoms with Gasteiger partial charge in [-0.2, -0.15) is 5.10 Å². The first-order chi connectivity index (χ1) is 15.5. The minimum Gasteiger partial charge on any atom is -0.496 e. The van der Waals surface area contributed by atoms with Crippen molar-refractivity contribution in [1.82, 2.24) is 20.1 Å². The molecule has 6 nitrogen and oxygen atoms in total. The summed E-state index contributed by atoms with van der Waals surface area (Å²) in [5.74, 6) is 0.181. The number of hydrogen-bond donors (Lipinski definition) is 1. The number of aromatic nitrogens is 3. The second-order valence-corrected chi connectivity index (χ2v) is 8.22. The van der Waals surface area contributed by atoms with E-state index in [1.54, 1.807) is 42.5 Å². The average Bonchev–Trinajstić information content (AvgIpc) is 3.23. The highest BCUT2D eigenvalue weighted by atomic mass is 79.9. The molecule has 0 unspecified atom stereocenters. The van der Waals surface area contributed by atoms with Crippen LogP contribution in [-0.4, -0.2) is 27.8 Å². The molecule has 2 aromatic carbocycles. The molecular formula is C24H22BrFN4O2. The van der Waals surface area contributed by atoms with Gasteiger partial charge in [0.1, 0.15) is 11.6 Å². The van der Waals surface area contributed by atoms with Crippen molar-refractivity contribution in [2.75, 3.05) is 7.11 Å². The van der Waals surface area contributed by atoms with E-state index < -0.39 is 0 Å². The number of rotatable bonds is 7. The van der Waals surface area contributed by atoms with Crippen LogP contribution < -0.4 is 10.1 Å². The van der Waals surface area contributed by atoms with Crippen molar-refractivity contribution < 1.29 is 13.9 Å². The van der Waals surface area contributed by atoms with Crippen LogP contribution in [0.3, 0.4) is 0 Å². The Kier molecular flexibility index (Phi) is 6.50. The maximum atomic E-state index is 13.3. The summed E-state index contributed by atoms with van der Waals surface area (Å²) in [6, 6.07) is 11.6. The summed E-state index contributed by atoms with van der Waals surface area (Å²) in [5.41, 5.74) is 2.77. The van der Waals surface area contributed by atoms with Crippen LogP contribution in [0, 0.1) is 5.82 Å². The first-order valence-corrected chi connectivity index (χ1v) is 11.0. The topological polar surface area (TPSA) is 69.0 Å². The van der Waals surface area contributed by atoms with E-state index >= 15 is 0 Å². The average molecular weight is 497 g/mol. The fourth-order valence-corrected chi connectivity index (χ4v) is 4.22. The van der Waals surface area contributed by atoms with E-state index in [9.17, 15) is 9.18 Å². The summed E-state index contributed by atoms with van der Waals surface area (Å²) in [4.78, 5) is 17.5. The molecule has 4 aromatic rings. The van der Waals surface area contributed by atoms with Crippen molar-refractivity contribution in [2.24, 2.45) is 0 Å². The van der Waals surface area contributed by atoms with E-state index in [-0.39, 0.29) is 17.8 Å². The number of methoxy groups -OCH3 is 1. The summed E-state index contributed by atoms with van der Waals surface area (Å²) in [6.45, 7) is 2.08. The first kappa shape index (κ1) is 22.0. The second-order valence-electron chi connectivity index (χ2n) is 7.36. The minimum absolute atomic E-state index is 0.169. The van der Waals surface area contributed by atoms with Crippen LogP contribution in [-0.2, 0) is 0 Å². The largest absolute Gasteiger partial charge is 0.496 e. The molecule has 2 heterocycles. The molecule has 164 valence electrons. The second kappa shape index (κ2) is 9.48. The van der Waals surface area contributed by atoms with Crippen molar-refractivity contribution in [2.45, 2.75) is 25.8 Å². The van der Waals surface area contributed by atoms with E-state index in [0.717, 1.165) is 28.6 Å². The van der Waals surface area contributed by atoms with Crippen molar-refractivity contribution in [3.05, 3.63) is 82.5 Å². The number of amides is 1. The molecule has 8 heteroatoms. The summed E-state index contributed by atoms with van der Waals surface area (Å²) in [6.07, 6.45) is 6.50. The number of halogens is 2. The molecule has 0 aliphatic heterocycles. The number of ether oxygens (including phenoxy) is 1. The molecule has 0 saturated carbocycles. The van der Waals surface area contributed by atoms with E-state index in [1.165, 1.54) is 12.1 Å². The Bertz CT molecular complexity index is 1260. The molecule has 32 heavy (non-hydrogen) atoms. The molecule has 0 saturated heterocycles. The summed E-state index contributed by atoms with van der Waals surface area (Å²) >= 11 is 3.52. The SMILES string of the molecule is CCC[C@H](NC(=O)c1cncc2c1cnn2-c1ccc(F)cc1)c1ccc(OC)c(Br)c1. The number of pyridine rings is 1. The molecule has 0 fully saturated rings. The number of nitrogens with one attached hydrogen (secondary N) is 1. The van der Waals surface area contributed by atoms with Crippen LogP contribution in [0.4, 0.5) is 4.39 Å². The van der Waals surface area contributed by atoms with Crippen molar-refractivity contribution in [3.63, 3.8) is 0 Å². The van der Waals surface area contributed by atoms with Gasteiger partial charge in [0.05, 0.1) is 46.8 Å². The van der Waals surface area contributed by atoms with Crippen LogP contribution in [0.15, 0.2) is 65.5 Å². The monoisotopic (exact) mass is 496 g/mol. The fourth-order valence-electron chi connectivity index (χ4n) is 3.66. The molecule has 2 aromatic heterocycles. The lowest BCUT2D eigenvalue weighted by molar-refractivity contribution is 0.0936. The predicted octanol–water partition coefficient (Wildman–Crippen LogP) is 5.60. The third-order valence-corrected chi connectivity index (χ3v) is 5.89. The van der Waals surface area contributed by atoms with Gasteiger partial charge in [0.25, 0.3) is 5.91 Å². The molecule has 1 amide bonds. The smallest absolute Gasteiger partial charge is 0.254 e. The number of benzene rings is 2. The zero-order valence-corrected chi connectivity index (χ0v) is 19.3. The normalized spacial score (nSPS) is 12.0. The van der Waals surface area contributed by atoms with Gasteiger partial charge in [-0.15, -0.1) is 0 Å². The van der Waals surface area contributed by atoms with E-state index in [1.807, 2.05) is 18.2 Å². The zero-order chi connectivity index (χ0) is 22.7. The zero-order valence-electron chi connectivity index (χ0n) is 17.7. The van der Waals surface area contributed by atoms with Gasteiger partial charge in [0.15, 0.2) is 0 Å². The Morgan fingerprint density at radius 3 is 2.66 bits per heavy atom. The number of carbonyl (C=O) groups is 1. The van der Waals surface area contributed by atoms with Crippen LogP contribution in [0.2, 0.25) is 0 Å². The van der Waals surface area contributed by atoms with Gasteiger partial charge in [-0.1, -0.05) is 19.4 Å². The van der Waals surface area contributed by atoms with Gasteiger partial charge in [-0.25, -0.2) is 9.07 Å². The molecule has 0 bridgehead atoms. The summed E-state index contributed by atoms with van der Waals surface area (Å²) < 4.78 is 21.1. The van der Waals surface area contributed by atoms with Crippen LogP contribution in [0.1, 0.15) is 41.7 Å². The lowest BCUT2D eigenvalue weighted by Gasteiger charge is -2.20. The third-order valence-electron chi connectivity index (χ3n) is 5.27. The molecule has 1 atom stereocenters. The Labute approximate surface area is 193 Å². The molecular weight excluding hydrogens is 475 g/mol. The number of fused-ring (bicyclic) bond motifs is 1. The summed E-state index contributed by atoms with van der Waals surface area (Å²) in [5, 5.41) is 8.21. The fraction of sp³-hybridized carbons (Fsp3) is 0.208. The standard InChI is InChI=1S/C24H22BrFN4O2/c1-3-4-21(15-5-10-23(32-2)20(25)11-15)29-24(31)19-12-27-14-22-18(19)13-28-30(22)17-8-6-16(26)7-9-17/h5-14,21H,3-4H2,1-2H3,(H,29,31)/t21-/m0/s1. The van der Waals surface area contributed by atoms with Gasteiger partial charge in [-0.05, 0) is 64.3 Å². The van der Waals surface area contributed by atoms with Crippen molar-refractivity contribution >= 4 is 32.7 Å². The van der Waals surface area contributed by atoms with E-state index in [0.29, 0.717) is 22.2 Å². The number of carbonyl (C=O) groups excluding carboxylic acids is 1. The Morgan fingerprint density at radius 1 is 1.19 bits per heavy atom. The minimum atomic E-state index is -0.324. The molecule has 4 rings (SSSR count). The molecule has 0 radical (unpaired) electrons. The maximum absolute atomic E-state index is 13.3. The Morgan fingerprint density at radius 2 is 1.97 bits per heavy atom. The van der Waals surface area contributed by atoms with Gasteiger partial charge in [-0.3, -0.25) is 9.78 Å². The molecule has 0 aliphatic carbocycles. The quantitative estimate of drug-likeness (QED) is 0.361. The highest BCUT2D eigenvalue weighted by molar-refractivity contribution is 9.10. The Balaban J connectivity index is 1.65. The lowest BCUT2D eigenvalue weighted by atomic mass is 10.0. The number of nitrogens with zero attached hydrogens (tertiary/aromatic N) is 3. The summed E-state index contributed by atoms with van der Waals surface area (Å²) in [7, 11) is 1.62. The van der Waals surface area contributed by atoms with Gasteiger partial charge >= 0.3 is 0 Å². The lowest BCUT2D eigenvalue weighted by Crippen LogP contribution is -2.28. The van der Waals surface area contributed by atoms with Crippen LogP contribution in [0.25, 0.3) is 16.6 Å². The predicted molar refractivity (Wildman–Crippen MR) is 125 cm³/mol. The molecule has 0 spiro atoms. The van der Waals surface area contributed by atoms with Crippen LogP contribution in [0.5, 0.6) is 5.75 Å². The van der Waals surface area contributed by atoms with Crippen molar-refractivity contribution in [1.29, 1.82) is 0 Å². The van der Waals surface area contributed by atoms with Crippen molar-refractivity contribution in [3.8, 4) is 11.4 Å². The van der Waals surface area contributed by atoms with Crippen LogP contribution >= 0.6 is 15.9 Å². The first-order valence-electron chi connectivity index (χ1n) is 10.2. The molecule has 1 N–H and O–H groups in total. The molecule has 0 aliphatic rings. The van der Waals surface area contributed by atoms with Gasteiger partial charge in [0, 0.05) is 11.6 Å². The Hall–Kier alpha value is -3.26. The maximum Gasteiger partial charge on any atom is 0.254 e. The third kappa shape index (κ3) is 4.36. The van der Waals surface area contributed by atoms with E-state index in [2.05, 4.69) is 38.3 Å². The van der Waals surface area contributed by atoms with Gasteiger partial charge in [0.2, 0.25) is 0 Å².